The zero-order chi connectivity index (χ0) is 14.5. The normalized spacial score (nSPS) is 10.3. The average molecular weight is 270 g/mol. The second-order valence-electron chi connectivity index (χ2n) is 4.80. The van der Waals surface area contributed by atoms with Gasteiger partial charge in [-0.25, -0.2) is 0 Å². The minimum Gasteiger partial charge on any atom is -0.375 e. The summed E-state index contributed by atoms with van der Waals surface area (Å²) < 4.78 is 0. The molecule has 0 aliphatic rings. The minimum atomic E-state index is -0.352. The quantitative estimate of drug-likeness (QED) is 0.658. The first-order valence-electron chi connectivity index (χ1n) is 6.67. The van der Waals surface area contributed by atoms with E-state index in [1.807, 2.05) is 25.1 Å². The lowest BCUT2D eigenvalue weighted by Gasteiger charge is -2.08. The van der Waals surface area contributed by atoms with Gasteiger partial charge in [0.25, 0.3) is 5.69 Å². The van der Waals surface area contributed by atoms with Crippen molar-refractivity contribution in [1.29, 1.82) is 0 Å². The lowest BCUT2D eigenvalue weighted by Crippen LogP contribution is -2.03. The molecule has 4 heteroatoms. The highest BCUT2D eigenvalue weighted by Gasteiger charge is 2.13. The summed E-state index contributed by atoms with van der Waals surface area (Å²) in [6.45, 7) is 4.54. The second kappa shape index (κ2) is 6.19. The van der Waals surface area contributed by atoms with E-state index in [1.165, 1.54) is 5.56 Å². The van der Waals surface area contributed by atoms with E-state index < -0.39 is 0 Å². The van der Waals surface area contributed by atoms with E-state index in [9.17, 15) is 10.1 Å². The van der Waals surface area contributed by atoms with Crippen LogP contribution in [0.4, 0.5) is 11.4 Å². The van der Waals surface area contributed by atoms with Crippen LogP contribution in [0, 0.1) is 17.0 Å². The Balaban J connectivity index is 2.12. The molecule has 0 aliphatic carbocycles. The minimum absolute atomic E-state index is 0.121. The molecule has 0 aliphatic heterocycles. The van der Waals surface area contributed by atoms with Crippen molar-refractivity contribution in [2.45, 2.75) is 26.8 Å². The lowest BCUT2D eigenvalue weighted by molar-refractivity contribution is -0.384. The number of nitrogens with zero attached hydrogens (tertiary/aromatic N) is 1. The summed E-state index contributed by atoms with van der Waals surface area (Å²) in [6, 6.07) is 13.5. The van der Waals surface area contributed by atoms with Crippen LogP contribution in [0.2, 0.25) is 0 Å². The van der Waals surface area contributed by atoms with E-state index in [2.05, 4.69) is 24.4 Å². The van der Waals surface area contributed by atoms with E-state index in [0.717, 1.165) is 17.5 Å². The van der Waals surface area contributed by atoms with Crippen molar-refractivity contribution in [3.8, 4) is 0 Å². The molecular formula is C16H18N2O2. The maximum atomic E-state index is 11.0. The van der Waals surface area contributed by atoms with Crippen molar-refractivity contribution >= 4 is 11.4 Å². The van der Waals surface area contributed by atoms with E-state index >= 15 is 0 Å². The third-order valence-corrected chi connectivity index (χ3v) is 3.26. The summed E-state index contributed by atoms with van der Waals surface area (Å²) >= 11 is 0. The SMILES string of the molecule is CCc1ccc(CNc2ccc(C)cc2[N+](=O)[O-])cc1. The van der Waals surface area contributed by atoms with Crippen molar-refractivity contribution < 1.29 is 4.92 Å². The second-order valence-corrected chi connectivity index (χ2v) is 4.80. The van der Waals surface area contributed by atoms with Gasteiger partial charge in [0.1, 0.15) is 5.69 Å². The molecule has 0 saturated heterocycles. The van der Waals surface area contributed by atoms with Gasteiger partial charge in [0, 0.05) is 12.6 Å². The lowest BCUT2D eigenvalue weighted by atomic mass is 10.1. The highest BCUT2D eigenvalue weighted by atomic mass is 16.6. The van der Waals surface area contributed by atoms with Gasteiger partial charge in [-0.3, -0.25) is 10.1 Å². The molecule has 0 spiro atoms. The van der Waals surface area contributed by atoms with E-state index in [-0.39, 0.29) is 10.6 Å². The van der Waals surface area contributed by atoms with Crippen molar-refractivity contribution in [1.82, 2.24) is 0 Å². The number of nitro groups is 1. The maximum Gasteiger partial charge on any atom is 0.292 e. The van der Waals surface area contributed by atoms with Gasteiger partial charge in [-0.1, -0.05) is 37.3 Å². The van der Waals surface area contributed by atoms with Crippen LogP contribution >= 0.6 is 0 Å². The third kappa shape index (κ3) is 3.35. The van der Waals surface area contributed by atoms with Crippen LogP contribution in [0.1, 0.15) is 23.6 Å². The third-order valence-electron chi connectivity index (χ3n) is 3.26. The molecule has 0 unspecified atom stereocenters. The van der Waals surface area contributed by atoms with Crippen molar-refractivity contribution in [2.75, 3.05) is 5.32 Å². The Morgan fingerprint density at radius 3 is 2.35 bits per heavy atom. The number of aryl methyl sites for hydroxylation is 2. The molecular weight excluding hydrogens is 252 g/mol. The van der Waals surface area contributed by atoms with E-state index in [0.29, 0.717) is 12.2 Å². The Hall–Kier alpha value is -2.36. The topological polar surface area (TPSA) is 55.2 Å². The first-order chi connectivity index (χ1) is 9.60. The monoisotopic (exact) mass is 270 g/mol. The van der Waals surface area contributed by atoms with Gasteiger partial charge >= 0.3 is 0 Å². The van der Waals surface area contributed by atoms with Gasteiger partial charge in [0.2, 0.25) is 0 Å². The fraction of sp³-hybridized carbons (Fsp3) is 0.250. The first-order valence-corrected chi connectivity index (χ1v) is 6.67. The zero-order valence-corrected chi connectivity index (χ0v) is 11.7. The van der Waals surface area contributed by atoms with Gasteiger partial charge in [0.05, 0.1) is 4.92 Å². The predicted molar refractivity (Wildman–Crippen MR) is 81.0 cm³/mol. The molecule has 0 heterocycles. The molecule has 0 aromatic heterocycles. The van der Waals surface area contributed by atoms with Gasteiger partial charge in [0.15, 0.2) is 0 Å². The number of anilines is 1. The highest BCUT2D eigenvalue weighted by Crippen LogP contribution is 2.25. The van der Waals surface area contributed by atoms with Gasteiger partial charge in [-0.05, 0) is 36.1 Å². The number of hydrogen-bond acceptors (Lipinski definition) is 3. The summed E-state index contributed by atoms with van der Waals surface area (Å²) in [5.41, 5.74) is 3.96. The molecule has 0 saturated carbocycles. The Morgan fingerprint density at radius 1 is 1.10 bits per heavy atom. The molecule has 1 N–H and O–H groups in total. The number of hydrogen-bond donors (Lipinski definition) is 1. The van der Waals surface area contributed by atoms with Crippen LogP contribution in [0.5, 0.6) is 0 Å². The average Bonchev–Trinajstić information content (AvgIpc) is 2.46. The summed E-state index contributed by atoms with van der Waals surface area (Å²) in [4.78, 5) is 10.7. The van der Waals surface area contributed by atoms with Crippen LogP contribution in [0.25, 0.3) is 0 Å². The first kappa shape index (κ1) is 14.1. The molecule has 0 amide bonds. The van der Waals surface area contributed by atoms with Crippen LogP contribution in [0.15, 0.2) is 42.5 Å². The highest BCUT2D eigenvalue weighted by molar-refractivity contribution is 5.62. The summed E-state index contributed by atoms with van der Waals surface area (Å²) in [5.74, 6) is 0. The predicted octanol–water partition coefficient (Wildman–Crippen LogP) is 4.08. The molecule has 2 aromatic rings. The molecule has 20 heavy (non-hydrogen) atoms. The van der Waals surface area contributed by atoms with Gasteiger partial charge in [-0.2, -0.15) is 0 Å². The molecule has 2 rings (SSSR count). The smallest absolute Gasteiger partial charge is 0.292 e. The summed E-state index contributed by atoms with van der Waals surface area (Å²) in [5, 5.41) is 14.2. The fourth-order valence-electron chi connectivity index (χ4n) is 2.03. The maximum absolute atomic E-state index is 11.0. The molecule has 0 radical (unpaired) electrons. The molecule has 0 fully saturated rings. The van der Waals surface area contributed by atoms with Crippen molar-refractivity contribution in [2.24, 2.45) is 0 Å². The number of nitro benzene ring substituents is 1. The molecule has 0 bridgehead atoms. The molecule has 2 aromatic carbocycles. The number of rotatable bonds is 5. The van der Waals surface area contributed by atoms with Crippen LogP contribution < -0.4 is 5.32 Å². The van der Waals surface area contributed by atoms with Crippen LogP contribution in [-0.4, -0.2) is 4.92 Å². The Morgan fingerprint density at radius 2 is 1.75 bits per heavy atom. The number of nitrogens with one attached hydrogen (secondary N) is 1. The summed E-state index contributed by atoms with van der Waals surface area (Å²) in [7, 11) is 0. The molecule has 0 atom stereocenters. The van der Waals surface area contributed by atoms with Crippen molar-refractivity contribution in [3.63, 3.8) is 0 Å². The fourth-order valence-corrected chi connectivity index (χ4v) is 2.03. The van der Waals surface area contributed by atoms with Crippen molar-refractivity contribution in [3.05, 3.63) is 69.3 Å². The summed E-state index contributed by atoms with van der Waals surface area (Å²) in [6.07, 6.45) is 1.01. The van der Waals surface area contributed by atoms with Gasteiger partial charge in [-0.15, -0.1) is 0 Å². The van der Waals surface area contributed by atoms with Gasteiger partial charge < -0.3 is 5.32 Å². The van der Waals surface area contributed by atoms with E-state index in [1.54, 1.807) is 12.1 Å². The largest absolute Gasteiger partial charge is 0.375 e. The Bertz CT molecular complexity index is 606. The Kier molecular flexibility index (Phi) is 4.35. The van der Waals surface area contributed by atoms with Crippen LogP contribution in [-0.2, 0) is 13.0 Å². The molecule has 104 valence electrons. The standard InChI is InChI=1S/C16H18N2O2/c1-3-13-5-7-14(8-6-13)11-17-15-9-4-12(2)10-16(15)18(19)20/h4-10,17H,3,11H2,1-2H3. The number of benzene rings is 2. The zero-order valence-electron chi connectivity index (χ0n) is 11.7. The Labute approximate surface area is 118 Å². The molecule has 4 nitrogen and oxygen atoms in total. The van der Waals surface area contributed by atoms with Crippen LogP contribution in [0.3, 0.4) is 0 Å². The van der Waals surface area contributed by atoms with E-state index in [4.69, 9.17) is 0 Å².